The van der Waals surface area contributed by atoms with Gasteiger partial charge in [-0.25, -0.2) is 0 Å². The van der Waals surface area contributed by atoms with Crippen molar-refractivity contribution < 1.29 is 0 Å². The standard InChI is InChI=1S/C10H10Br4/c1-7(10(12,13)14)9(11)8-5-3-2-4-6-8/h2-7,9H,1H3. The maximum Gasteiger partial charge on any atom is 0.138 e. The Morgan fingerprint density at radius 1 is 1.07 bits per heavy atom. The Kier molecular flexibility index (Phi) is 5.15. The quantitative estimate of drug-likeness (QED) is 0.516. The molecular weight excluding hydrogens is 440 g/mol. The predicted molar refractivity (Wildman–Crippen MR) is 76.8 cm³/mol. The van der Waals surface area contributed by atoms with Crippen LogP contribution in [0.5, 0.6) is 0 Å². The first-order chi connectivity index (χ1) is 6.43. The Hall–Kier alpha value is 1.14. The van der Waals surface area contributed by atoms with Gasteiger partial charge in [-0.15, -0.1) is 0 Å². The van der Waals surface area contributed by atoms with E-state index in [-0.39, 0.29) is 2.14 Å². The molecule has 0 bridgehead atoms. The van der Waals surface area contributed by atoms with Gasteiger partial charge < -0.3 is 0 Å². The molecule has 0 aliphatic rings. The van der Waals surface area contributed by atoms with Crippen molar-refractivity contribution >= 4 is 63.7 Å². The summed E-state index contributed by atoms with van der Waals surface area (Å²) in [6.07, 6.45) is 0. The minimum atomic E-state index is -0.225. The van der Waals surface area contributed by atoms with Crippen molar-refractivity contribution in [2.24, 2.45) is 5.92 Å². The van der Waals surface area contributed by atoms with Gasteiger partial charge in [-0.2, -0.15) is 0 Å². The maximum absolute atomic E-state index is 3.70. The molecule has 14 heavy (non-hydrogen) atoms. The summed E-state index contributed by atoms with van der Waals surface area (Å²) < 4.78 is -0.225. The normalized spacial score (nSPS) is 16.4. The molecule has 0 fully saturated rings. The van der Waals surface area contributed by atoms with E-state index in [1.807, 2.05) is 6.07 Å². The summed E-state index contributed by atoms with van der Waals surface area (Å²) in [7, 11) is 0. The van der Waals surface area contributed by atoms with E-state index in [4.69, 9.17) is 0 Å². The van der Waals surface area contributed by atoms with Gasteiger partial charge >= 0.3 is 0 Å². The van der Waals surface area contributed by atoms with Gasteiger partial charge in [0.15, 0.2) is 0 Å². The van der Waals surface area contributed by atoms with Crippen LogP contribution in [0.4, 0.5) is 0 Å². The van der Waals surface area contributed by atoms with Gasteiger partial charge in [0, 0.05) is 10.7 Å². The van der Waals surface area contributed by atoms with Crippen molar-refractivity contribution in [3.8, 4) is 0 Å². The third kappa shape index (κ3) is 3.62. The Morgan fingerprint density at radius 2 is 1.57 bits per heavy atom. The van der Waals surface area contributed by atoms with E-state index in [1.165, 1.54) is 5.56 Å². The molecule has 78 valence electrons. The van der Waals surface area contributed by atoms with E-state index in [0.29, 0.717) is 10.7 Å². The van der Waals surface area contributed by atoms with Crippen LogP contribution in [0.25, 0.3) is 0 Å². The van der Waals surface area contributed by atoms with Crippen LogP contribution in [0, 0.1) is 5.92 Å². The SMILES string of the molecule is CC(C(Br)c1ccccc1)C(Br)(Br)Br. The fourth-order valence-electron chi connectivity index (χ4n) is 1.09. The Morgan fingerprint density at radius 3 is 2.00 bits per heavy atom. The van der Waals surface area contributed by atoms with Gasteiger partial charge in [0.1, 0.15) is 2.14 Å². The second-order valence-corrected chi connectivity index (χ2v) is 11.1. The Bertz CT molecular complexity index is 278. The minimum Gasteiger partial charge on any atom is -0.0835 e. The van der Waals surface area contributed by atoms with Gasteiger partial charge in [0.05, 0.1) is 0 Å². The number of halogens is 4. The summed E-state index contributed by atoms with van der Waals surface area (Å²) in [6.45, 7) is 2.16. The van der Waals surface area contributed by atoms with Gasteiger partial charge in [0.25, 0.3) is 0 Å². The number of alkyl halides is 4. The van der Waals surface area contributed by atoms with Crippen LogP contribution in [-0.2, 0) is 0 Å². The van der Waals surface area contributed by atoms with Crippen LogP contribution < -0.4 is 0 Å². The van der Waals surface area contributed by atoms with Crippen LogP contribution in [0.2, 0.25) is 0 Å². The van der Waals surface area contributed by atoms with Crippen molar-refractivity contribution in [2.75, 3.05) is 0 Å². The molecule has 1 aromatic rings. The van der Waals surface area contributed by atoms with Gasteiger partial charge in [-0.05, 0) is 5.56 Å². The average Bonchev–Trinajstić information content (AvgIpc) is 2.15. The van der Waals surface area contributed by atoms with Gasteiger partial charge in [0.2, 0.25) is 0 Å². The monoisotopic (exact) mass is 446 g/mol. The molecule has 0 aliphatic heterocycles. The number of rotatable bonds is 2. The van der Waals surface area contributed by atoms with Crippen LogP contribution >= 0.6 is 63.7 Å². The van der Waals surface area contributed by atoms with Gasteiger partial charge in [-0.1, -0.05) is 101 Å². The number of benzene rings is 1. The van der Waals surface area contributed by atoms with E-state index in [2.05, 4.69) is 94.9 Å². The maximum atomic E-state index is 3.70. The molecular formula is C10H10Br4. The van der Waals surface area contributed by atoms with Crippen molar-refractivity contribution in [1.29, 1.82) is 0 Å². The fourth-order valence-corrected chi connectivity index (χ4v) is 3.65. The van der Waals surface area contributed by atoms with E-state index >= 15 is 0 Å². The first-order valence-electron chi connectivity index (χ1n) is 4.18. The van der Waals surface area contributed by atoms with Crippen LogP contribution in [-0.4, -0.2) is 2.14 Å². The Labute approximate surface area is 118 Å². The third-order valence-electron chi connectivity index (χ3n) is 2.07. The molecule has 0 saturated heterocycles. The van der Waals surface area contributed by atoms with Crippen LogP contribution in [0.1, 0.15) is 17.3 Å². The molecule has 2 atom stereocenters. The molecule has 4 heteroatoms. The molecule has 0 aromatic heterocycles. The highest BCUT2D eigenvalue weighted by molar-refractivity contribution is 9.39. The van der Waals surface area contributed by atoms with Crippen molar-refractivity contribution in [3.05, 3.63) is 35.9 Å². The summed E-state index contributed by atoms with van der Waals surface area (Å²) in [4.78, 5) is 0.307. The first kappa shape index (κ1) is 13.2. The molecule has 0 heterocycles. The summed E-state index contributed by atoms with van der Waals surface area (Å²) in [6, 6.07) is 10.4. The highest BCUT2D eigenvalue weighted by Gasteiger charge is 2.32. The van der Waals surface area contributed by atoms with Crippen molar-refractivity contribution in [1.82, 2.24) is 0 Å². The van der Waals surface area contributed by atoms with E-state index < -0.39 is 0 Å². The highest BCUT2D eigenvalue weighted by Crippen LogP contribution is 2.49. The molecule has 0 aliphatic carbocycles. The summed E-state index contributed by atoms with van der Waals surface area (Å²) in [5.41, 5.74) is 1.28. The second-order valence-electron chi connectivity index (χ2n) is 3.14. The molecule has 0 saturated carbocycles. The van der Waals surface area contributed by atoms with Crippen molar-refractivity contribution in [3.63, 3.8) is 0 Å². The zero-order valence-electron chi connectivity index (χ0n) is 7.55. The largest absolute Gasteiger partial charge is 0.138 e. The number of hydrogen-bond acceptors (Lipinski definition) is 0. The van der Waals surface area contributed by atoms with Crippen LogP contribution in [0.3, 0.4) is 0 Å². The molecule has 2 unspecified atom stereocenters. The molecule has 0 radical (unpaired) electrons. The average molecular weight is 450 g/mol. The summed E-state index contributed by atoms with van der Waals surface area (Å²) >= 11 is 14.3. The lowest BCUT2D eigenvalue weighted by atomic mass is 10.0. The summed E-state index contributed by atoms with van der Waals surface area (Å²) in [5.74, 6) is 0.366. The lowest BCUT2D eigenvalue weighted by Crippen LogP contribution is -2.18. The van der Waals surface area contributed by atoms with Crippen molar-refractivity contribution in [2.45, 2.75) is 13.9 Å². The molecule has 1 rings (SSSR count). The predicted octanol–water partition coefficient (Wildman–Crippen LogP) is 5.60. The number of hydrogen-bond donors (Lipinski definition) is 0. The lowest BCUT2D eigenvalue weighted by Gasteiger charge is -2.26. The first-order valence-corrected chi connectivity index (χ1v) is 7.48. The third-order valence-corrected chi connectivity index (χ3v) is 5.56. The highest BCUT2D eigenvalue weighted by atomic mass is 80.0. The topological polar surface area (TPSA) is 0 Å². The fraction of sp³-hybridized carbons (Fsp3) is 0.400. The molecule has 0 nitrogen and oxygen atoms in total. The van der Waals surface area contributed by atoms with E-state index in [0.717, 1.165) is 0 Å². The van der Waals surface area contributed by atoms with Gasteiger partial charge in [-0.3, -0.25) is 0 Å². The summed E-state index contributed by atoms with van der Waals surface area (Å²) in [5, 5.41) is 0. The zero-order valence-corrected chi connectivity index (χ0v) is 13.9. The Balaban J connectivity index is 2.81. The smallest absolute Gasteiger partial charge is 0.0835 e. The molecule has 0 amide bonds. The van der Waals surface area contributed by atoms with E-state index in [1.54, 1.807) is 0 Å². The second kappa shape index (κ2) is 5.46. The molecule has 1 aromatic carbocycles. The molecule has 0 spiro atoms. The van der Waals surface area contributed by atoms with Crippen LogP contribution in [0.15, 0.2) is 30.3 Å². The lowest BCUT2D eigenvalue weighted by molar-refractivity contribution is 0.623. The zero-order chi connectivity index (χ0) is 10.8. The van der Waals surface area contributed by atoms with E-state index in [9.17, 15) is 0 Å². The minimum absolute atomic E-state index is 0.225. The molecule has 0 N–H and O–H groups in total.